The molecular weight excluding hydrogens is 879 g/mol. The molecule has 66 heavy (non-hydrogen) atoms. The number of ether oxygens (including phenoxy) is 1. The van der Waals surface area contributed by atoms with Crippen molar-refractivity contribution in [2.24, 2.45) is 68.5 Å². The number of ketones is 1. The molecule has 5 heterocycles. The maximum Gasteiger partial charge on any atom is 0.233 e. The summed E-state index contributed by atoms with van der Waals surface area (Å²) < 4.78 is 6.51. The van der Waals surface area contributed by atoms with Crippen molar-refractivity contribution in [1.29, 1.82) is 0 Å². The number of amides is 1. The molecule has 8 N–H and O–H groups in total. The lowest BCUT2D eigenvalue weighted by atomic mass is 9.33. The van der Waals surface area contributed by atoms with Crippen molar-refractivity contribution < 1.29 is 55.2 Å². The number of allylic oxidation sites excluding steroid dienone is 2. The van der Waals surface area contributed by atoms with Gasteiger partial charge in [0.15, 0.2) is 5.78 Å². The van der Waals surface area contributed by atoms with E-state index in [0.29, 0.717) is 87.3 Å². The highest BCUT2D eigenvalue weighted by molar-refractivity contribution is 8.76. The first kappa shape index (κ1) is 46.4. The van der Waals surface area contributed by atoms with E-state index in [1.54, 1.807) is 23.1 Å². The number of carbonyl (C=O) groups is 2. The Hall–Kier alpha value is -1.98. The number of nitrogens with zero attached hydrogens (tertiary/aromatic N) is 1. The molecule has 14 heteroatoms. The third-order valence-electron chi connectivity index (χ3n) is 21.7. The second kappa shape index (κ2) is 15.3. The monoisotopic (exact) mass is 949 g/mol. The minimum atomic E-state index is -1.98. The van der Waals surface area contributed by atoms with Crippen LogP contribution in [0.25, 0.3) is 0 Å². The molecule has 12 nitrogen and oxygen atoms in total. The van der Waals surface area contributed by atoms with E-state index >= 15 is 9.59 Å². The number of aromatic hydroxyl groups is 1. The largest absolute Gasteiger partial charge is 0.508 e. The minimum absolute atomic E-state index is 0.0205. The van der Waals surface area contributed by atoms with Gasteiger partial charge in [0.25, 0.3) is 0 Å². The van der Waals surface area contributed by atoms with E-state index in [0.717, 1.165) is 18.4 Å². The first-order chi connectivity index (χ1) is 31.3. The lowest BCUT2D eigenvalue weighted by molar-refractivity contribution is -0.269. The van der Waals surface area contributed by atoms with Crippen molar-refractivity contribution in [2.45, 2.75) is 152 Å². The molecule has 18 atom stereocenters. The molecule has 18 unspecified atom stereocenters. The van der Waals surface area contributed by atoms with Gasteiger partial charge in [-0.1, -0.05) is 67.9 Å². The molecular formula is C52H71NO11S2. The highest BCUT2D eigenvalue weighted by Gasteiger charge is 2.85. The molecule has 0 aromatic heterocycles. The number of fused-ring (bicyclic) bond motifs is 1. The Balaban J connectivity index is 1.13. The van der Waals surface area contributed by atoms with E-state index in [9.17, 15) is 40.9 Å². The second-order valence-electron chi connectivity index (χ2n) is 23.5. The Bertz CT molecular complexity index is 2260. The number of phenolic OH excluding ortho intramolecular Hbond substituents is 1. The van der Waals surface area contributed by atoms with Gasteiger partial charge in [-0.3, -0.25) is 9.59 Å². The van der Waals surface area contributed by atoms with Crippen LogP contribution in [0.3, 0.4) is 0 Å². The summed E-state index contributed by atoms with van der Waals surface area (Å²) in [5.41, 5.74) is -10.2. The van der Waals surface area contributed by atoms with E-state index in [1.807, 2.05) is 13.0 Å². The summed E-state index contributed by atoms with van der Waals surface area (Å²) in [5, 5.41) is 98.7. The second-order valence-corrected chi connectivity index (χ2v) is 26.0. The summed E-state index contributed by atoms with van der Waals surface area (Å²) in [5.74, 6) is -1.58. The van der Waals surface area contributed by atoms with Crippen LogP contribution in [-0.4, -0.2) is 119 Å². The van der Waals surface area contributed by atoms with Crippen LogP contribution in [0, 0.1) is 68.5 Å². The van der Waals surface area contributed by atoms with E-state index in [2.05, 4.69) is 32.9 Å². The van der Waals surface area contributed by atoms with Crippen LogP contribution in [0.2, 0.25) is 0 Å². The predicted octanol–water partition coefficient (Wildman–Crippen LogP) is 5.45. The maximum absolute atomic E-state index is 15.8. The SMILES string of the molecule is CC(C)C(C)C1OC1C1(O)CC=CC2CC34CCC5C(O)(CO)C(O)CC6(C(=O)C=C3C3(O)CCC1C23CCc1cc(O)cc(c1)N1CCC2(C1=O)C(CO)CCCC2CSSC6O)C54C. The molecule has 5 saturated carbocycles. The average Bonchev–Trinajstić information content (AvgIpc) is 3.86. The normalized spacial score (nSPS) is 50.8. The van der Waals surface area contributed by atoms with Gasteiger partial charge in [-0.2, -0.15) is 0 Å². The number of aliphatic hydroxyl groups excluding tert-OH is 4. The number of aryl methyl sites for hydroxylation is 1. The lowest BCUT2D eigenvalue weighted by Gasteiger charge is -2.72. The molecule has 7 fully saturated rings. The number of carbonyl (C=O) groups excluding carboxylic acids is 2. The molecule has 1 amide bonds. The van der Waals surface area contributed by atoms with Gasteiger partial charge in [0.1, 0.15) is 28.5 Å². The summed E-state index contributed by atoms with van der Waals surface area (Å²) >= 11 is 0. The van der Waals surface area contributed by atoms with E-state index in [4.69, 9.17) is 4.74 Å². The van der Waals surface area contributed by atoms with Crippen molar-refractivity contribution in [3.63, 3.8) is 0 Å². The van der Waals surface area contributed by atoms with Crippen LogP contribution in [0.4, 0.5) is 5.69 Å². The number of epoxide rings is 1. The van der Waals surface area contributed by atoms with Gasteiger partial charge in [-0.05, 0) is 147 Å². The zero-order chi connectivity index (χ0) is 46.8. The van der Waals surface area contributed by atoms with Crippen molar-refractivity contribution in [1.82, 2.24) is 0 Å². The topological polar surface area (TPSA) is 212 Å². The number of anilines is 1. The van der Waals surface area contributed by atoms with Gasteiger partial charge in [0.05, 0.1) is 35.2 Å². The Morgan fingerprint density at radius 2 is 1.71 bits per heavy atom. The van der Waals surface area contributed by atoms with E-state index in [1.165, 1.54) is 21.6 Å². The molecule has 8 bridgehead atoms. The summed E-state index contributed by atoms with van der Waals surface area (Å²) in [4.78, 5) is 32.7. The first-order valence-corrected chi connectivity index (χ1v) is 27.5. The fraction of sp³-hybridized carbons (Fsp3) is 0.769. The predicted molar refractivity (Wildman–Crippen MR) is 251 cm³/mol. The van der Waals surface area contributed by atoms with Gasteiger partial charge < -0.3 is 50.5 Å². The maximum atomic E-state index is 15.8. The Morgan fingerprint density at radius 3 is 2.45 bits per heavy atom. The van der Waals surface area contributed by atoms with Crippen molar-refractivity contribution in [3.8, 4) is 5.75 Å². The van der Waals surface area contributed by atoms with Gasteiger partial charge in [0.2, 0.25) is 5.91 Å². The van der Waals surface area contributed by atoms with Crippen molar-refractivity contribution in [3.05, 3.63) is 47.6 Å². The van der Waals surface area contributed by atoms with Crippen LogP contribution in [0.5, 0.6) is 5.75 Å². The van der Waals surface area contributed by atoms with Crippen molar-refractivity contribution >= 4 is 39.0 Å². The van der Waals surface area contributed by atoms with Crippen LogP contribution in [0.1, 0.15) is 110 Å². The molecule has 1 aromatic carbocycles. The van der Waals surface area contributed by atoms with Crippen LogP contribution in [-0.2, 0) is 20.7 Å². The lowest BCUT2D eigenvalue weighted by Crippen LogP contribution is -2.76. The number of hydrogen-bond acceptors (Lipinski definition) is 13. The molecule has 0 radical (unpaired) electrons. The first-order valence-electron chi connectivity index (χ1n) is 25.1. The number of benzene rings is 1. The van der Waals surface area contributed by atoms with Crippen LogP contribution in [0.15, 0.2) is 42.0 Å². The quantitative estimate of drug-likeness (QED) is 0.105. The fourth-order valence-electron chi connectivity index (χ4n) is 18.1. The number of phenols is 1. The Morgan fingerprint density at radius 1 is 0.939 bits per heavy atom. The molecule has 5 aliphatic heterocycles. The zero-order valence-electron chi connectivity index (χ0n) is 38.9. The molecule has 4 spiro atoms. The Labute approximate surface area is 396 Å². The highest BCUT2D eigenvalue weighted by Crippen LogP contribution is 2.84. The molecule has 12 aliphatic rings. The average molecular weight is 950 g/mol. The number of aliphatic hydroxyl groups is 7. The van der Waals surface area contributed by atoms with Crippen LogP contribution < -0.4 is 4.90 Å². The smallest absolute Gasteiger partial charge is 0.233 e. The summed E-state index contributed by atoms with van der Waals surface area (Å²) in [6.45, 7) is 8.00. The van der Waals surface area contributed by atoms with Crippen LogP contribution >= 0.6 is 21.6 Å². The minimum Gasteiger partial charge on any atom is -0.508 e. The molecule has 1 aromatic rings. The summed E-state index contributed by atoms with van der Waals surface area (Å²) in [6, 6.07) is 5.35. The van der Waals surface area contributed by atoms with Gasteiger partial charge in [-0.25, -0.2) is 0 Å². The van der Waals surface area contributed by atoms with Gasteiger partial charge in [0, 0.05) is 47.4 Å². The zero-order valence-corrected chi connectivity index (χ0v) is 40.5. The molecule has 362 valence electrons. The van der Waals surface area contributed by atoms with Crippen molar-refractivity contribution in [2.75, 3.05) is 30.4 Å². The van der Waals surface area contributed by atoms with E-state index < -0.39 is 85.7 Å². The molecule has 7 aliphatic carbocycles. The van der Waals surface area contributed by atoms with Gasteiger partial charge >= 0.3 is 0 Å². The Kier molecular flexibility index (Phi) is 10.7. The van der Waals surface area contributed by atoms with E-state index in [-0.39, 0.29) is 60.9 Å². The number of hydrogen-bond donors (Lipinski definition) is 8. The molecule has 13 rings (SSSR count). The fourth-order valence-corrected chi connectivity index (χ4v) is 21.2. The highest BCUT2D eigenvalue weighted by atomic mass is 33.1. The summed E-state index contributed by atoms with van der Waals surface area (Å²) in [6.07, 6.45) is 9.27. The third-order valence-corrected chi connectivity index (χ3v) is 24.3. The third kappa shape index (κ3) is 5.49. The molecule has 2 saturated heterocycles. The summed E-state index contributed by atoms with van der Waals surface area (Å²) in [7, 11) is 2.58. The van der Waals surface area contributed by atoms with Gasteiger partial charge in [-0.15, -0.1) is 0 Å². The number of rotatable bonds is 5. The standard InChI is InChI=1S/C52H71NO11S2/c1-28(2)29(3)41-42(64-41)50(61)13-6-9-31-23-46-14-11-36-45(46,4)49(24-40(58)51(36,62)27-55)39(57)22-38(46)52(63)16-12-37(50)48(31,52)15-10-30-19-34(21-35(56)20-30)53-18-17-47(43(53)59)32(25-54)7-5-8-33(47)26-65-66-44(49)60/h6,9,19-22,28-29,31-33,36-37,40-42,44,54-56,58,60-63H,5,7-8,10-18,23-27H2,1-4H3.